The number of nitrogens with zero attached hydrogens (tertiary/aromatic N) is 1. The fourth-order valence-corrected chi connectivity index (χ4v) is 4.96. The molecule has 2 aromatic carbocycles. The van der Waals surface area contributed by atoms with Gasteiger partial charge in [0.05, 0.1) is 5.69 Å². The van der Waals surface area contributed by atoms with Crippen LogP contribution >= 0.6 is 0 Å². The third-order valence-corrected chi connectivity index (χ3v) is 7.07. The molecule has 0 saturated carbocycles. The zero-order valence-corrected chi connectivity index (χ0v) is 21.0. The van der Waals surface area contributed by atoms with E-state index in [0.717, 1.165) is 22.4 Å². The SMILES string of the molecule is CCC(C)[C@H](NC(C)=O)C(=O)N[C@H]1CCc2cccc3c2N(C1=O)[C@H](C(=O)OCc1ccccc1)C3. The molecule has 2 aliphatic rings. The molecule has 2 aliphatic heterocycles. The Morgan fingerprint density at radius 2 is 1.81 bits per heavy atom. The maximum Gasteiger partial charge on any atom is 0.329 e. The number of carbonyl (C=O) groups is 4. The lowest BCUT2D eigenvalue weighted by atomic mass is 9.97. The number of amides is 3. The Balaban J connectivity index is 1.56. The van der Waals surface area contributed by atoms with E-state index in [0.29, 0.717) is 25.7 Å². The zero-order chi connectivity index (χ0) is 25.8. The van der Waals surface area contributed by atoms with E-state index in [4.69, 9.17) is 4.74 Å². The third kappa shape index (κ3) is 5.27. The molecule has 4 atom stereocenters. The first-order valence-electron chi connectivity index (χ1n) is 12.5. The van der Waals surface area contributed by atoms with Crippen LogP contribution in [0.15, 0.2) is 48.5 Å². The minimum absolute atomic E-state index is 0.105. The molecule has 2 heterocycles. The number of para-hydroxylation sites is 1. The van der Waals surface area contributed by atoms with E-state index in [2.05, 4.69) is 10.6 Å². The van der Waals surface area contributed by atoms with Crippen molar-refractivity contribution < 1.29 is 23.9 Å². The van der Waals surface area contributed by atoms with Crippen LogP contribution in [0.2, 0.25) is 0 Å². The molecule has 190 valence electrons. The second-order valence-corrected chi connectivity index (χ2v) is 9.61. The highest BCUT2D eigenvalue weighted by molar-refractivity contribution is 6.07. The average molecular weight is 492 g/mol. The Morgan fingerprint density at radius 3 is 2.50 bits per heavy atom. The molecule has 0 fully saturated rings. The normalized spacial score (nSPS) is 20.1. The van der Waals surface area contributed by atoms with E-state index < -0.39 is 30.0 Å². The van der Waals surface area contributed by atoms with Gasteiger partial charge in [-0.15, -0.1) is 0 Å². The Bertz CT molecular complexity index is 1150. The number of rotatable bonds is 8. The fraction of sp³-hybridized carbons (Fsp3) is 0.429. The summed E-state index contributed by atoms with van der Waals surface area (Å²) >= 11 is 0. The molecule has 2 N–H and O–H groups in total. The fourth-order valence-electron chi connectivity index (χ4n) is 4.96. The minimum atomic E-state index is -0.819. The van der Waals surface area contributed by atoms with Gasteiger partial charge in [0.15, 0.2) is 0 Å². The van der Waals surface area contributed by atoms with Gasteiger partial charge in [0.1, 0.15) is 24.7 Å². The molecule has 0 bridgehead atoms. The summed E-state index contributed by atoms with van der Waals surface area (Å²) < 4.78 is 5.61. The van der Waals surface area contributed by atoms with Crippen LogP contribution in [0, 0.1) is 5.92 Å². The molecule has 0 spiro atoms. The standard InChI is InChI=1S/C28H33N3O5/c1-4-17(2)24(29-18(3)32)26(33)30-22-14-13-20-11-8-12-21-15-23(31(25(20)21)27(22)34)28(35)36-16-19-9-6-5-7-10-19/h5-12,17,22-24H,4,13-16H2,1-3H3,(H,29,32)(H,30,33)/t17?,22-,23-,24-/m0/s1. The molecule has 0 aliphatic carbocycles. The molecule has 4 rings (SSSR count). The van der Waals surface area contributed by atoms with E-state index in [-0.39, 0.29) is 24.3 Å². The van der Waals surface area contributed by atoms with Crippen molar-refractivity contribution in [3.63, 3.8) is 0 Å². The molecule has 1 unspecified atom stereocenters. The van der Waals surface area contributed by atoms with Gasteiger partial charge in [0.2, 0.25) is 17.7 Å². The molecule has 36 heavy (non-hydrogen) atoms. The average Bonchev–Trinajstić information content (AvgIpc) is 3.21. The number of aryl methyl sites for hydroxylation is 1. The van der Waals surface area contributed by atoms with Gasteiger partial charge in [-0.25, -0.2) is 4.79 Å². The van der Waals surface area contributed by atoms with Crippen molar-refractivity contribution in [3.8, 4) is 0 Å². The molecular formula is C28H33N3O5. The highest BCUT2D eigenvalue weighted by Gasteiger charge is 2.45. The largest absolute Gasteiger partial charge is 0.459 e. The van der Waals surface area contributed by atoms with Crippen LogP contribution in [-0.2, 0) is 43.4 Å². The van der Waals surface area contributed by atoms with Crippen LogP contribution < -0.4 is 15.5 Å². The summed E-state index contributed by atoms with van der Waals surface area (Å²) in [4.78, 5) is 53.4. The van der Waals surface area contributed by atoms with E-state index in [1.165, 1.54) is 11.8 Å². The van der Waals surface area contributed by atoms with Crippen molar-refractivity contribution in [3.05, 3.63) is 65.2 Å². The Hall–Kier alpha value is -3.68. The van der Waals surface area contributed by atoms with Crippen molar-refractivity contribution in [1.29, 1.82) is 0 Å². The second kappa shape index (κ2) is 10.9. The van der Waals surface area contributed by atoms with Gasteiger partial charge in [-0.1, -0.05) is 68.8 Å². The molecular weight excluding hydrogens is 458 g/mol. The Kier molecular flexibility index (Phi) is 7.72. The van der Waals surface area contributed by atoms with E-state index in [9.17, 15) is 19.2 Å². The summed E-state index contributed by atoms with van der Waals surface area (Å²) in [5, 5.41) is 5.58. The maximum atomic E-state index is 13.8. The van der Waals surface area contributed by atoms with Gasteiger partial charge < -0.3 is 15.4 Å². The first-order chi connectivity index (χ1) is 17.3. The highest BCUT2D eigenvalue weighted by Crippen LogP contribution is 2.39. The number of anilines is 1. The van der Waals surface area contributed by atoms with E-state index in [1.807, 2.05) is 62.4 Å². The van der Waals surface area contributed by atoms with Crippen molar-refractivity contribution in [2.75, 3.05) is 4.90 Å². The number of hydrogen-bond donors (Lipinski definition) is 2. The molecule has 8 nitrogen and oxygen atoms in total. The van der Waals surface area contributed by atoms with Crippen LogP contribution in [0.1, 0.15) is 50.3 Å². The lowest BCUT2D eigenvalue weighted by Gasteiger charge is -2.29. The topological polar surface area (TPSA) is 105 Å². The van der Waals surface area contributed by atoms with Gasteiger partial charge in [0, 0.05) is 13.3 Å². The molecule has 8 heteroatoms. The molecule has 3 amide bonds. The van der Waals surface area contributed by atoms with Crippen LogP contribution in [-0.4, -0.2) is 41.8 Å². The number of esters is 1. The summed E-state index contributed by atoms with van der Waals surface area (Å²) in [6.07, 6.45) is 2.03. The predicted molar refractivity (Wildman–Crippen MR) is 135 cm³/mol. The van der Waals surface area contributed by atoms with Gasteiger partial charge in [-0.2, -0.15) is 0 Å². The number of carbonyl (C=O) groups excluding carboxylic acids is 4. The minimum Gasteiger partial charge on any atom is -0.459 e. The van der Waals surface area contributed by atoms with E-state index in [1.54, 1.807) is 0 Å². The zero-order valence-electron chi connectivity index (χ0n) is 21.0. The quantitative estimate of drug-likeness (QED) is 0.553. The number of hydrogen-bond acceptors (Lipinski definition) is 5. The molecule has 2 aromatic rings. The Morgan fingerprint density at radius 1 is 1.08 bits per heavy atom. The maximum absolute atomic E-state index is 13.8. The lowest BCUT2D eigenvalue weighted by Crippen LogP contribution is -2.57. The van der Waals surface area contributed by atoms with Crippen molar-refractivity contribution in [2.24, 2.45) is 5.92 Å². The van der Waals surface area contributed by atoms with Gasteiger partial charge in [-0.3, -0.25) is 19.3 Å². The van der Waals surface area contributed by atoms with Gasteiger partial charge >= 0.3 is 5.97 Å². The monoisotopic (exact) mass is 491 g/mol. The molecule has 0 saturated heterocycles. The molecule has 0 radical (unpaired) electrons. The summed E-state index contributed by atoms with van der Waals surface area (Å²) in [5.74, 6) is -1.62. The molecule has 0 aromatic heterocycles. The van der Waals surface area contributed by atoms with Crippen LogP contribution in [0.4, 0.5) is 5.69 Å². The smallest absolute Gasteiger partial charge is 0.329 e. The number of nitrogens with one attached hydrogen (secondary N) is 2. The lowest BCUT2D eigenvalue weighted by molar-refractivity contribution is -0.147. The predicted octanol–water partition coefficient (Wildman–Crippen LogP) is 2.67. The number of benzene rings is 2. The van der Waals surface area contributed by atoms with Crippen LogP contribution in [0.25, 0.3) is 0 Å². The van der Waals surface area contributed by atoms with Gasteiger partial charge in [0.25, 0.3) is 0 Å². The second-order valence-electron chi connectivity index (χ2n) is 9.61. The van der Waals surface area contributed by atoms with Crippen LogP contribution in [0.5, 0.6) is 0 Å². The first-order valence-corrected chi connectivity index (χ1v) is 12.5. The third-order valence-electron chi connectivity index (χ3n) is 7.07. The van der Waals surface area contributed by atoms with Crippen LogP contribution in [0.3, 0.4) is 0 Å². The van der Waals surface area contributed by atoms with Gasteiger partial charge in [-0.05, 0) is 35.4 Å². The summed E-state index contributed by atoms with van der Waals surface area (Å²) in [6.45, 7) is 5.32. The van der Waals surface area contributed by atoms with E-state index >= 15 is 0 Å². The summed E-state index contributed by atoms with van der Waals surface area (Å²) in [6, 6.07) is 12.9. The highest BCUT2D eigenvalue weighted by atomic mass is 16.5. The Labute approximate surface area is 211 Å². The number of ether oxygens (including phenoxy) is 1. The summed E-state index contributed by atoms with van der Waals surface area (Å²) in [5.41, 5.74) is 3.51. The first kappa shape index (κ1) is 25.4. The summed E-state index contributed by atoms with van der Waals surface area (Å²) in [7, 11) is 0. The van der Waals surface area contributed by atoms with Crippen molar-refractivity contribution >= 4 is 29.4 Å². The van der Waals surface area contributed by atoms with Crippen molar-refractivity contribution in [2.45, 2.75) is 71.2 Å². The van der Waals surface area contributed by atoms with Crippen molar-refractivity contribution in [1.82, 2.24) is 10.6 Å².